The van der Waals surface area contributed by atoms with Crippen LogP contribution in [0.15, 0.2) is 53.4 Å². The summed E-state index contributed by atoms with van der Waals surface area (Å²) >= 11 is 1.53. The molecule has 1 N–H and O–H groups in total. The van der Waals surface area contributed by atoms with E-state index in [4.69, 9.17) is 10.00 Å². The summed E-state index contributed by atoms with van der Waals surface area (Å²) in [5.41, 5.74) is 1.35. The van der Waals surface area contributed by atoms with E-state index in [-0.39, 0.29) is 18.0 Å². The Bertz CT molecular complexity index is 940. The number of anilines is 2. The fourth-order valence-corrected chi connectivity index (χ4v) is 3.57. The lowest BCUT2D eigenvalue weighted by Crippen LogP contribution is -2.35. The van der Waals surface area contributed by atoms with Gasteiger partial charge in [0, 0.05) is 22.8 Å². The van der Waals surface area contributed by atoms with Gasteiger partial charge < -0.3 is 10.1 Å². The number of hydrogen-bond acceptors (Lipinski definition) is 6. The molecular weight excluding hydrogens is 378 g/mol. The molecule has 0 saturated carbocycles. The maximum absolute atomic E-state index is 12.4. The van der Waals surface area contributed by atoms with Gasteiger partial charge in [-0.25, -0.2) is 4.79 Å². The monoisotopic (exact) mass is 395 g/mol. The van der Waals surface area contributed by atoms with Crippen molar-refractivity contribution in [2.75, 3.05) is 29.1 Å². The lowest BCUT2D eigenvalue weighted by Gasteiger charge is -2.19. The fourth-order valence-electron chi connectivity index (χ4n) is 2.64. The summed E-state index contributed by atoms with van der Waals surface area (Å²) in [6.45, 7) is -0.643. The van der Waals surface area contributed by atoms with Crippen molar-refractivity contribution in [3.63, 3.8) is 0 Å². The molecule has 8 heteroatoms. The highest BCUT2D eigenvalue weighted by atomic mass is 32.2. The Labute approximate surface area is 166 Å². The molecule has 2 amide bonds. The Balaban J connectivity index is 1.67. The molecule has 0 radical (unpaired) electrons. The van der Waals surface area contributed by atoms with Gasteiger partial charge >= 0.3 is 5.97 Å². The zero-order chi connectivity index (χ0) is 19.9. The number of benzene rings is 2. The number of amides is 2. The van der Waals surface area contributed by atoms with Crippen LogP contribution in [0.5, 0.6) is 0 Å². The van der Waals surface area contributed by atoms with Crippen LogP contribution in [0, 0.1) is 11.3 Å². The van der Waals surface area contributed by atoms with Gasteiger partial charge in [0.25, 0.3) is 5.91 Å². The summed E-state index contributed by atoms with van der Waals surface area (Å²) in [4.78, 5) is 38.6. The molecule has 1 aliphatic rings. The first-order valence-corrected chi connectivity index (χ1v) is 9.53. The standard InChI is InChI=1S/C20H17N3O4S/c21-9-10-23(15-4-2-1-3-5-15)19(25)13-27-20(26)14-6-7-17-16(12-14)22-18(24)8-11-28-17/h1-7,12H,8,10-11,13H2,(H,22,24). The predicted molar refractivity (Wildman–Crippen MR) is 105 cm³/mol. The number of nitriles is 1. The van der Waals surface area contributed by atoms with Crippen LogP contribution in [-0.4, -0.2) is 36.7 Å². The van der Waals surface area contributed by atoms with Crippen LogP contribution in [0.4, 0.5) is 11.4 Å². The molecule has 1 aliphatic heterocycles. The van der Waals surface area contributed by atoms with Crippen molar-refractivity contribution in [3.05, 3.63) is 54.1 Å². The minimum atomic E-state index is -0.676. The van der Waals surface area contributed by atoms with E-state index in [1.54, 1.807) is 48.5 Å². The molecule has 2 aromatic rings. The van der Waals surface area contributed by atoms with Crippen LogP contribution in [0.2, 0.25) is 0 Å². The van der Waals surface area contributed by atoms with E-state index < -0.39 is 18.5 Å². The third kappa shape index (κ3) is 4.69. The first kappa shape index (κ1) is 19.5. The van der Waals surface area contributed by atoms with Gasteiger partial charge in [0.2, 0.25) is 5.91 Å². The summed E-state index contributed by atoms with van der Waals surface area (Å²) in [6.07, 6.45) is 0.405. The average Bonchev–Trinajstić information content (AvgIpc) is 2.90. The van der Waals surface area contributed by atoms with E-state index in [9.17, 15) is 14.4 Å². The molecule has 1 heterocycles. The molecule has 28 heavy (non-hydrogen) atoms. The number of rotatable bonds is 5. The normalized spacial score (nSPS) is 12.8. The van der Waals surface area contributed by atoms with E-state index in [1.807, 2.05) is 6.07 Å². The van der Waals surface area contributed by atoms with Crippen molar-refractivity contribution in [1.82, 2.24) is 0 Å². The van der Waals surface area contributed by atoms with Gasteiger partial charge in [0.05, 0.1) is 17.3 Å². The molecule has 0 atom stereocenters. The Morgan fingerprint density at radius 1 is 1.21 bits per heavy atom. The zero-order valence-corrected chi connectivity index (χ0v) is 15.7. The van der Waals surface area contributed by atoms with Crippen molar-refractivity contribution in [2.24, 2.45) is 0 Å². The number of carbonyl (C=O) groups excluding carboxylic acids is 3. The second-order valence-corrected chi connectivity index (χ2v) is 7.04. The quantitative estimate of drug-likeness (QED) is 0.617. The zero-order valence-electron chi connectivity index (χ0n) is 14.9. The molecule has 3 rings (SSSR count). The van der Waals surface area contributed by atoms with E-state index >= 15 is 0 Å². The first-order chi connectivity index (χ1) is 13.6. The number of ether oxygens (including phenoxy) is 1. The highest BCUT2D eigenvalue weighted by Crippen LogP contribution is 2.31. The average molecular weight is 395 g/mol. The van der Waals surface area contributed by atoms with Gasteiger partial charge in [-0.2, -0.15) is 5.26 Å². The van der Waals surface area contributed by atoms with E-state index in [1.165, 1.54) is 16.7 Å². The minimum Gasteiger partial charge on any atom is -0.452 e. The maximum Gasteiger partial charge on any atom is 0.338 e. The highest BCUT2D eigenvalue weighted by molar-refractivity contribution is 7.99. The minimum absolute atomic E-state index is 0.109. The molecular formula is C20H17N3O4S. The van der Waals surface area contributed by atoms with Crippen LogP contribution in [0.25, 0.3) is 0 Å². The molecule has 142 valence electrons. The lowest BCUT2D eigenvalue weighted by molar-refractivity contribution is -0.121. The number of para-hydroxylation sites is 1. The van der Waals surface area contributed by atoms with E-state index in [2.05, 4.69) is 5.32 Å². The summed E-state index contributed by atoms with van der Waals surface area (Å²) in [7, 11) is 0. The Hall–Kier alpha value is -3.31. The largest absolute Gasteiger partial charge is 0.452 e. The Morgan fingerprint density at radius 2 is 2.00 bits per heavy atom. The number of nitrogens with one attached hydrogen (secondary N) is 1. The molecule has 2 aromatic carbocycles. The third-order valence-electron chi connectivity index (χ3n) is 4.00. The van der Waals surface area contributed by atoms with E-state index in [0.717, 1.165) is 4.90 Å². The van der Waals surface area contributed by atoms with Gasteiger partial charge in [0.1, 0.15) is 6.54 Å². The van der Waals surface area contributed by atoms with Crippen LogP contribution in [-0.2, 0) is 14.3 Å². The summed E-state index contributed by atoms with van der Waals surface area (Å²) < 4.78 is 5.13. The van der Waals surface area contributed by atoms with E-state index in [0.29, 0.717) is 23.5 Å². The van der Waals surface area contributed by atoms with Crippen LogP contribution < -0.4 is 10.2 Å². The number of hydrogen-bond donors (Lipinski definition) is 1. The Morgan fingerprint density at radius 3 is 2.75 bits per heavy atom. The fraction of sp³-hybridized carbons (Fsp3) is 0.200. The van der Waals surface area contributed by atoms with Crippen LogP contribution >= 0.6 is 11.8 Å². The second-order valence-electron chi connectivity index (χ2n) is 5.91. The second kappa shape index (κ2) is 9.06. The maximum atomic E-state index is 12.4. The first-order valence-electron chi connectivity index (χ1n) is 8.54. The lowest BCUT2D eigenvalue weighted by atomic mass is 10.2. The van der Waals surface area contributed by atoms with Crippen molar-refractivity contribution in [2.45, 2.75) is 11.3 Å². The SMILES string of the molecule is N#CCN(C(=O)COC(=O)c1ccc2c(c1)NC(=O)CCS2)c1ccccc1. The molecule has 0 spiro atoms. The summed E-state index contributed by atoms with van der Waals surface area (Å²) in [6, 6.07) is 15.5. The molecule has 0 aliphatic carbocycles. The van der Waals surface area contributed by atoms with Gasteiger partial charge in [-0.1, -0.05) is 18.2 Å². The van der Waals surface area contributed by atoms with Crippen molar-refractivity contribution in [3.8, 4) is 6.07 Å². The van der Waals surface area contributed by atoms with Gasteiger partial charge in [-0.15, -0.1) is 11.8 Å². The van der Waals surface area contributed by atoms with Gasteiger partial charge in [-0.05, 0) is 30.3 Å². The third-order valence-corrected chi connectivity index (χ3v) is 5.08. The number of fused-ring (bicyclic) bond motifs is 1. The molecule has 0 saturated heterocycles. The number of thioether (sulfide) groups is 1. The predicted octanol–water partition coefficient (Wildman–Crippen LogP) is 2.83. The van der Waals surface area contributed by atoms with Crippen LogP contribution in [0.3, 0.4) is 0 Å². The Kier molecular flexibility index (Phi) is 6.29. The number of carbonyl (C=O) groups is 3. The topological polar surface area (TPSA) is 99.5 Å². The molecule has 0 aromatic heterocycles. The molecule has 7 nitrogen and oxygen atoms in total. The van der Waals surface area contributed by atoms with Crippen molar-refractivity contribution in [1.29, 1.82) is 5.26 Å². The molecule has 0 bridgehead atoms. The van der Waals surface area contributed by atoms with Crippen molar-refractivity contribution < 1.29 is 19.1 Å². The highest BCUT2D eigenvalue weighted by Gasteiger charge is 2.20. The number of esters is 1. The molecule has 0 fully saturated rings. The molecule has 0 unspecified atom stereocenters. The number of nitrogens with zero attached hydrogens (tertiary/aromatic N) is 2. The summed E-state index contributed by atoms with van der Waals surface area (Å²) in [5.74, 6) is -0.614. The summed E-state index contributed by atoms with van der Waals surface area (Å²) in [5, 5.41) is 11.7. The van der Waals surface area contributed by atoms with Gasteiger partial charge in [-0.3, -0.25) is 14.5 Å². The van der Waals surface area contributed by atoms with Crippen LogP contribution in [0.1, 0.15) is 16.8 Å². The van der Waals surface area contributed by atoms with Gasteiger partial charge in [0.15, 0.2) is 6.61 Å². The smallest absolute Gasteiger partial charge is 0.338 e. The van der Waals surface area contributed by atoms with Crippen molar-refractivity contribution >= 4 is 40.9 Å².